The summed E-state index contributed by atoms with van der Waals surface area (Å²) in [4.78, 5) is 16.9. The molecule has 2 aromatic heterocycles. The van der Waals surface area contributed by atoms with Crippen molar-refractivity contribution in [2.45, 2.75) is 23.1 Å². The predicted molar refractivity (Wildman–Crippen MR) is 99.4 cm³/mol. The molecule has 1 amide bonds. The number of nitrogens with zero attached hydrogens (tertiary/aromatic N) is 2. The van der Waals surface area contributed by atoms with Gasteiger partial charge in [0.15, 0.2) is 5.13 Å². The summed E-state index contributed by atoms with van der Waals surface area (Å²) in [6.07, 6.45) is 1.07. The van der Waals surface area contributed by atoms with E-state index in [1.165, 1.54) is 22.5 Å². The summed E-state index contributed by atoms with van der Waals surface area (Å²) in [5.41, 5.74) is 0.584. The zero-order valence-electron chi connectivity index (χ0n) is 13.4. The van der Waals surface area contributed by atoms with E-state index in [1.807, 2.05) is 0 Å². The second kappa shape index (κ2) is 6.69. The van der Waals surface area contributed by atoms with Gasteiger partial charge in [-0.2, -0.15) is 4.31 Å². The summed E-state index contributed by atoms with van der Waals surface area (Å²) in [5.74, 6) is -0.787. The highest BCUT2D eigenvalue weighted by molar-refractivity contribution is 7.91. The van der Waals surface area contributed by atoms with E-state index in [9.17, 15) is 17.6 Å². The summed E-state index contributed by atoms with van der Waals surface area (Å²) >= 11 is 2.29. The van der Waals surface area contributed by atoms with Gasteiger partial charge in [-0.15, -0.1) is 11.3 Å². The highest BCUT2D eigenvalue weighted by atomic mass is 32.2. The van der Waals surface area contributed by atoms with Crippen LogP contribution >= 0.6 is 22.7 Å². The number of aromatic nitrogens is 1. The zero-order chi connectivity index (χ0) is 18.3. The Hall–Kier alpha value is -1.88. The molecule has 1 saturated heterocycles. The highest BCUT2D eigenvalue weighted by Crippen LogP contribution is 2.31. The first kappa shape index (κ1) is 17.5. The molecule has 0 aliphatic carbocycles. The molecule has 1 aliphatic heterocycles. The molecule has 3 heterocycles. The number of nitrogens with one attached hydrogen (secondary N) is 1. The topological polar surface area (TPSA) is 79.4 Å². The van der Waals surface area contributed by atoms with Gasteiger partial charge in [0, 0.05) is 6.54 Å². The second-order valence-corrected chi connectivity index (χ2v) is 9.92. The summed E-state index contributed by atoms with van der Waals surface area (Å²) in [6.45, 7) is 0.309. The molecule has 0 bridgehead atoms. The number of anilines is 1. The molecule has 0 radical (unpaired) electrons. The average molecular weight is 412 g/mol. The maximum Gasteiger partial charge on any atom is 0.253 e. The Morgan fingerprint density at radius 2 is 2.19 bits per heavy atom. The average Bonchev–Trinajstić information content (AvgIpc) is 3.34. The molecule has 1 aromatic carbocycles. The van der Waals surface area contributed by atoms with Crippen molar-refractivity contribution in [1.82, 2.24) is 9.29 Å². The fourth-order valence-electron chi connectivity index (χ4n) is 2.96. The summed E-state index contributed by atoms with van der Waals surface area (Å²) in [6, 6.07) is 6.63. The molecule has 10 heteroatoms. The molecule has 136 valence electrons. The maximum atomic E-state index is 13.3. The molecule has 0 saturated carbocycles. The molecule has 0 spiro atoms. The SMILES string of the molecule is O=C(Nc1nc2ccc(F)cc2s1)[C@H]1CCCN1S(=O)(=O)c1cccs1. The van der Waals surface area contributed by atoms with Gasteiger partial charge in [0.25, 0.3) is 10.0 Å². The number of hydrogen-bond donors (Lipinski definition) is 1. The van der Waals surface area contributed by atoms with Gasteiger partial charge >= 0.3 is 0 Å². The van der Waals surface area contributed by atoms with Gasteiger partial charge in [0.05, 0.1) is 10.2 Å². The van der Waals surface area contributed by atoms with E-state index < -0.39 is 22.0 Å². The van der Waals surface area contributed by atoms with Gasteiger partial charge < -0.3 is 5.32 Å². The third-order valence-corrected chi connectivity index (χ3v) is 8.36. The van der Waals surface area contributed by atoms with Crippen LogP contribution in [-0.2, 0) is 14.8 Å². The zero-order valence-corrected chi connectivity index (χ0v) is 15.8. The first-order valence-corrected chi connectivity index (χ1v) is 11.0. The first-order chi connectivity index (χ1) is 12.4. The maximum absolute atomic E-state index is 13.3. The normalized spacial score (nSPS) is 18.4. The molecule has 1 N–H and O–H groups in total. The molecular weight excluding hydrogens is 397 g/mol. The van der Waals surface area contributed by atoms with Crippen molar-refractivity contribution in [3.05, 3.63) is 41.5 Å². The summed E-state index contributed by atoms with van der Waals surface area (Å²) in [7, 11) is -3.69. The number of halogens is 1. The number of sulfonamides is 1. The van der Waals surface area contributed by atoms with E-state index in [2.05, 4.69) is 10.3 Å². The van der Waals surface area contributed by atoms with E-state index in [1.54, 1.807) is 17.5 Å². The molecule has 1 fully saturated rings. The van der Waals surface area contributed by atoms with Crippen molar-refractivity contribution in [3.8, 4) is 0 Å². The molecule has 6 nitrogen and oxygen atoms in total. The standard InChI is InChI=1S/C16H14FN3O3S3/c17-10-5-6-11-13(9-10)25-16(18-11)19-15(21)12-3-1-7-20(12)26(22,23)14-4-2-8-24-14/h2,4-6,8-9,12H,1,3,7H2,(H,18,19,21)/t12-/m1/s1. The van der Waals surface area contributed by atoms with Crippen LogP contribution in [0.15, 0.2) is 39.9 Å². The largest absolute Gasteiger partial charge is 0.301 e. The van der Waals surface area contributed by atoms with Crippen LogP contribution in [0.5, 0.6) is 0 Å². The molecule has 1 atom stereocenters. The van der Waals surface area contributed by atoms with Gasteiger partial charge in [-0.1, -0.05) is 17.4 Å². The van der Waals surface area contributed by atoms with Gasteiger partial charge in [-0.3, -0.25) is 4.79 Å². The second-order valence-electron chi connectivity index (χ2n) is 5.83. The number of hydrogen-bond acceptors (Lipinski definition) is 6. The van der Waals surface area contributed by atoms with Gasteiger partial charge in [0.1, 0.15) is 16.1 Å². The fourth-order valence-corrected chi connectivity index (χ4v) is 6.63. The monoisotopic (exact) mass is 411 g/mol. The number of benzene rings is 1. The van der Waals surface area contributed by atoms with Crippen molar-refractivity contribution in [2.75, 3.05) is 11.9 Å². The van der Waals surface area contributed by atoms with Gasteiger partial charge in [0.2, 0.25) is 5.91 Å². The Labute approximate surface area is 157 Å². The Balaban J connectivity index is 1.56. The number of carbonyl (C=O) groups excluding carboxylic acids is 1. The minimum Gasteiger partial charge on any atom is -0.301 e. The Morgan fingerprint density at radius 1 is 1.35 bits per heavy atom. The van der Waals surface area contributed by atoms with E-state index in [-0.39, 0.29) is 10.0 Å². The van der Waals surface area contributed by atoms with E-state index in [4.69, 9.17) is 0 Å². The number of rotatable bonds is 4. The lowest BCUT2D eigenvalue weighted by Gasteiger charge is -2.22. The highest BCUT2D eigenvalue weighted by Gasteiger charge is 2.40. The lowest BCUT2D eigenvalue weighted by molar-refractivity contribution is -0.119. The third-order valence-electron chi connectivity index (χ3n) is 4.14. The van der Waals surface area contributed by atoms with Crippen LogP contribution in [0.25, 0.3) is 10.2 Å². The lowest BCUT2D eigenvalue weighted by Crippen LogP contribution is -2.42. The number of carbonyl (C=O) groups is 1. The van der Waals surface area contributed by atoms with Crippen LogP contribution in [0.4, 0.5) is 9.52 Å². The van der Waals surface area contributed by atoms with Crippen molar-refractivity contribution >= 4 is 54.0 Å². The van der Waals surface area contributed by atoms with Gasteiger partial charge in [-0.05, 0) is 42.5 Å². The predicted octanol–water partition coefficient (Wildman–Crippen LogP) is 3.29. The Bertz CT molecular complexity index is 1060. The minimum absolute atomic E-state index is 0.229. The third kappa shape index (κ3) is 3.13. The quantitative estimate of drug-likeness (QED) is 0.715. The van der Waals surface area contributed by atoms with Crippen LogP contribution in [0.2, 0.25) is 0 Å². The minimum atomic E-state index is -3.69. The lowest BCUT2D eigenvalue weighted by atomic mass is 10.2. The van der Waals surface area contributed by atoms with E-state index in [0.29, 0.717) is 34.7 Å². The van der Waals surface area contributed by atoms with Crippen LogP contribution in [0.1, 0.15) is 12.8 Å². The van der Waals surface area contributed by atoms with Crippen molar-refractivity contribution in [2.24, 2.45) is 0 Å². The summed E-state index contributed by atoms with van der Waals surface area (Å²) < 4.78 is 40.9. The first-order valence-electron chi connectivity index (χ1n) is 7.87. The molecule has 3 aromatic rings. The molecule has 1 aliphatic rings. The van der Waals surface area contributed by atoms with E-state index in [0.717, 1.165) is 22.7 Å². The number of thiazole rings is 1. The molecule has 4 rings (SSSR count). The number of thiophene rings is 1. The smallest absolute Gasteiger partial charge is 0.253 e. The van der Waals surface area contributed by atoms with Crippen LogP contribution in [-0.4, -0.2) is 36.2 Å². The van der Waals surface area contributed by atoms with E-state index >= 15 is 0 Å². The van der Waals surface area contributed by atoms with Crippen LogP contribution < -0.4 is 5.32 Å². The molecule has 26 heavy (non-hydrogen) atoms. The van der Waals surface area contributed by atoms with Crippen molar-refractivity contribution in [3.63, 3.8) is 0 Å². The van der Waals surface area contributed by atoms with Crippen LogP contribution in [0, 0.1) is 5.82 Å². The van der Waals surface area contributed by atoms with Crippen molar-refractivity contribution in [1.29, 1.82) is 0 Å². The van der Waals surface area contributed by atoms with Crippen LogP contribution in [0.3, 0.4) is 0 Å². The fraction of sp³-hybridized carbons (Fsp3) is 0.250. The van der Waals surface area contributed by atoms with Gasteiger partial charge in [-0.25, -0.2) is 17.8 Å². The Kier molecular flexibility index (Phi) is 4.51. The van der Waals surface area contributed by atoms with Crippen molar-refractivity contribution < 1.29 is 17.6 Å². The number of fused-ring (bicyclic) bond motifs is 1. The molecular formula is C16H14FN3O3S3. The number of amides is 1. The molecule has 0 unspecified atom stereocenters. The Morgan fingerprint density at radius 3 is 2.96 bits per heavy atom. The summed E-state index contributed by atoms with van der Waals surface area (Å²) in [5, 5.41) is 4.71.